The van der Waals surface area contributed by atoms with Crippen molar-refractivity contribution in [2.75, 3.05) is 0 Å². The molecular formula is C24H38. The highest BCUT2D eigenvalue weighted by molar-refractivity contribution is 5.42. The predicted octanol–water partition coefficient (Wildman–Crippen LogP) is 7.84. The van der Waals surface area contributed by atoms with Crippen LogP contribution in [0.4, 0.5) is 0 Å². The standard InChI is InChI=1S/C24H38/c1-8-10-12-21(11-9-2)23(17-18(3)4)24(19(5)6)22-15-13-20(7)14-16-22/h12-19,24H,8-11H2,1-7H3/b21-12+,23-17+. The lowest BCUT2D eigenvalue weighted by Gasteiger charge is -2.28. The Morgan fingerprint density at radius 2 is 1.58 bits per heavy atom. The van der Waals surface area contributed by atoms with E-state index in [2.05, 4.69) is 84.9 Å². The Morgan fingerprint density at radius 3 is 2.04 bits per heavy atom. The molecule has 0 radical (unpaired) electrons. The Labute approximate surface area is 151 Å². The van der Waals surface area contributed by atoms with E-state index in [4.69, 9.17) is 0 Å². The Hall–Kier alpha value is -1.30. The molecule has 1 rings (SSSR count). The van der Waals surface area contributed by atoms with Crippen LogP contribution in [0.15, 0.2) is 47.6 Å². The molecule has 0 aliphatic rings. The molecule has 0 amide bonds. The van der Waals surface area contributed by atoms with Gasteiger partial charge in [0.15, 0.2) is 0 Å². The van der Waals surface area contributed by atoms with Crippen molar-refractivity contribution in [3.8, 4) is 0 Å². The van der Waals surface area contributed by atoms with Gasteiger partial charge in [0.1, 0.15) is 0 Å². The number of unbranched alkanes of at least 4 members (excludes halogenated alkanes) is 1. The molecule has 0 spiro atoms. The highest BCUT2D eigenvalue weighted by Crippen LogP contribution is 2.38. The number of hydrogen-bond donors (Lipinski definition) is 0. The molecule has 134 valence electrons. The number of benzene rings is 1. The maximum atomic E-state index is 2.52. The van der Waals surface area contributed by atoms with Crippen molar-refractivity contribution in [2.24, 2.45) is 11.8 Å². The third-order valence-corrected chi connectivity index (χ3v) is 4.52. The van der Waals surface area contributed by atoms with Gasteiger partial charge in [-0.25, -0.2) is 0 Å². The fourth-order valence-corrected chi connectivity index (χ4v) is 3.42. The van der Waals surface area contributed by atoms with Crippen LogP contribution >= 0.6 is 0 Å². The van der Waals surface area contributed by atoms with E-state index in [1.807, 2.05) is 0 Å². The summed E-state index contributed by atoms with van der Waals surface area (Å²) in [5, 5.41) is 0. The van der Waals surface area contributed by atoms with Crippen LogP contribution in [0.25, 0.3) is 0 Å². The molecule has 24 heavy (non-hydrogen) atoms. The minimum atomic E-state index is 0.489. The first-order chi connectivity index (χ1) is 11.4. The third kappa shape index (κ3) is 6.30. The van der Waals surface area contributed by atoms with Crippen molar-refractivity contribution in [3.63, 3.8) is 0 Å². The summed E-state index contributed by atoms with van der Waals surface area (Å²) >= 11 is 0. The van der Waals surface area contributed by atoms with Crippen LogP contribution in [0.2, 0.25) is 0 Å². The van der Waals surface area contributed by atoms with Gasteiger partial charge in [0.25, 0.3) is 0 Å². The Bertz CT molecular complexity index is 526. The minimum absolute atomic E-state index is 0.489. The second kappa shape index (κ2) is 10.5. The zero-order valence-corrected chi connectivity index (χ0v) is 17.0. The topological polar surface area (TPSA) is 0 Å². The molecule has 1 unspecified atom stereocenters. The summed E-state index contributed by atoms with van der Waals surface area (Å²) in [7, 11) is 0. The van der Waals surface area contributed by atoms with E-state index in [0.29, 0.717) is 17.8 Å². The van der Waals surface area contributed by atoms with Gasteiger partial charge in [-0.15, -0.1) is 0 Å². The van der Waals surface area contributed by atoms with E-state index in [0.717, 1.165) is 0 Å². The molecular weight excluding hydrogens is 288 g/mol. The zero-order valence-electron chi connectivity index (χ0n) is 17.0. The van der Waals surface area contributed by atoms with Crippen molar-refractivity contribution >= 4 is 0 Å². The van der Waals surface area contributed by atoms with Gasteiger partial charge in [-0.1, -0.05) is 96.4 Å². The summed E-state index contributed by atoms with van der Waals surface area (Å²) < 4.78 is 0. The van der Waals surface area contributed by atoms with Crippen molar-refractivity contribution in [2.45, 2.75) is 80.1 Å². The van der Waals surface area contributed by atoms with E-state index < -0.39 is 0 Å². The predicted molar refractivity (Wildman–Crippen MR) is 110 cm³/mol. The van der Waals surface area contributed by atoms with Gasteiger partial charge < -0.3 is 0 Å². The van der Waals surface area contributed by atoms with Gasteiger partial charge in [0.05, 0.1) is 0 Å². The quantitative estimate of drug-likeness (QED) is 0.405. The molecule has 0 saturated heterocycles. The second-order valence-corrected chi connectivity index (χ2v) is 7.77. The van der Waals surface area contributed by atoms with Crippen molar-refractivity contribution < 1.29 is 0 Å². The van der Waals surface area contributed by atoms with E-state index in [-0.39, 0.29) is 0 Å². The largest absolute Gasteiger partial charge is 0.0810 e. The highest BCUT2D eigenvalue weighted by atomic mass is 14.3. The minimum Gasteiger partial charge on any atom is -0.0810 e. The monoisotopic (exact) mass is 326 g/mol. The summed E-state index contributed by atoms with van der Waals surface area (Å²) in [4.78, 5) is 0. The molecule has 0 aliphatic heterocycles. The zero-order chi connectivity index (χ0) is 18.1. The average molecular weight is 327 g/mol. The molecule has 1 aromatic rings. The van der Waals surface area contributed by atoms with E-state index in [9.17, 15) is 0 Å². The highest BCUT2D eigenvalue weighted by Gasteiger charge is 2.23. The molecule has 0 heteroatoms. The van der Waals surface area contributed by atoms with Crippen molar-refractivity contribution in [3.05, 3.63) is 58.7 Å². The van der Waals surface area contributed by atoms with E-state index in [1.165, 1.54) is 36.8 Å². The fraction of sp³-hybridized carbons (Fsp3) is 0.583. The molecule has 0 N–H and O–H groups in total. The fourth-order valence-electron chi connectivity index (χ4n) is 3.42. The van der Waals surface area contributed by atoms with Gasteiger partial charge in [-0.2, -0.15) is 0 Å². The van der Waals surface area contributed by atoms with Gasteiger partial charge in [0.2, 0.25) is 0 Å². The maximum absolute atomic E-state index is 2.52. The van der Waals surface area contributed by atoms with E-state index in [1.54, 1.807) is 11.1 Å². The summed E-state index contributed by atoms with van der Waals surface area (Å²) in [6.07, 6.45) is 9.82. The van der Waals surface area contributed by atoms with Crippen LogP contribution in [0, 0.1) is 18.8 Å². The Balaban J connectivity index is 3.39. The first kappa shape index (κ1) is 20.7. The van der Waals surface area contributed by atoms with Crippen LogP contribution in [-0.2, 0) is 0 Å². The first-order valence-corrected chi connectivity index (χ1v) is 9.88. The summed E-state index contributed by atoms with van der Waals surface area (Å²) in [5.41, 5.74) is 5.94. The smallest absolute Gasteiger partial charge is 0.0112 e. The second-order valence-electron chi connectivity index (χ2n) is 7.77. The lowest BCUT2D eigenvalue weighted by Crippen LogP contribution is -2.13. The molecule has 0 aliphatic carbocycles. The molecule has 0 bridgehead atoms. The summed E-state index contributed by atoms with van der Waals surface area (Å²) in [5.74, 6) is 1.66. The Kier molecular flexibility index (Phi) is 9.11. The van der Waals surface area contributed by atoms with Gasteiger partial charge in [-0.3, -0.25) is 0 Å². The molecule has 0 heterocycles. The summed E-state index contributed by atoms with van der Waals surface area (Å²) in [6, 6.07) is 9.18. The van der Waals surface area contributed by atoms with Gasteiger partial charge >= 0.3 is 0 Å². The van der Waals surface area contributed by atoms with Crippen LogP contribution < -0.4 is 0 Å². The van der Waals surface area contributed by atoms with Crippen LogP contribution in [0.1, 0.15) is 84.3 Å². The normalized spacial score (nSPS) is 14.5. The first-order valence-electron chi connectivity index (χ1n) is 9.88. The molecule has 0 nitrogen and oxygen atoms in total. The molecule has 0 fully saturated rings. The SMILES string of the molecule is CCC/C=C(CCC)/C(=C\C(C)C)C(c1ccc(C)cc1)C(C)C. The number of hydrogen-bond acceptors (Lipinski definition) is 0. The molecule has 1 atom stereocenters. The van der Waals surface area contributed by atoms with E-state index >= 15 is 0 Å². The van der Waals surface area contributed by atoms with Crippen molar-refractivity contribution in [1.29, 1.82) is 0 Å². The van der Waals surface area contributed by atoms with Gasteiger partial charge in [0, 0.05) is 5.92 Å². The Morgan fingerprint density at radius 1 is 0.958 bits per heavy atom. The molecule has 0 saturated carbocycles. The lowest BCUT2D eigenvalue weighted by atomic mass is 9.76. The van der Waals surface area contributed by atoms with Crippen LogP contribution in [0.5, 0.6) is 0 Å². The molecule has 1 aromatic carbocycles. The van der Waals surface area contributed by atoms with Crippen molar-refractivity contribution in [1.82, 2.24) is 0 Å². The number of rotatable bonds is 9. The van der Waals surface area contributed by atoms with Gasteiger partial charge in [-0.05, 0) is 48.3 Å². The van der Waals surface area contributed by atoms with Crippen LogP contribution in [-0.4, -0.2) is 0 Å². The maximum Gasteiger partial charge on any atom is 0.0112 e. The summed E-state index contributed by atoms with van der Waals surface area (Å²) in [6.45, 7) is 16.1. The number of allylic oxidation sites excluding steroid dienone is 4. The molecule has 0 aromatic heterocycles. The average Bonchev–Trinajstić information content (AvgIpc) is 2.52. The van der Waals surface area contributed by atoms with Crippen LogP contribution in [0.3, 0.4) is 0 Å². The lowest BCUT2D eigenvalue weighted by molar-refractivity contribution is 0.550. The third-order valence-electron chi connectivity index (χ3n) is 4.52. The number of aryl methyl sites for hydroxylation is 1.